The van der Waals surface area contributed by atoms with Gasteiger partial charge in [0.1, 0.15) is 0 Å². The zero-order chi connectivity index (χ0) is 12.0. The maximum atomic E-state index is 11.6. The van der Waals surface area contributed by atoms with E-state index in [4.69, 9.17) is 5.73 Å². The molecule has 0 radical (unpaired) electrons. The van der Waals surface area contributed by atoms with Crippen LogP contribution in [0, 0.1) is 0 Å². The molecule has 0 aliphatic carbocycles. The third kappa shape index (κ3) is 3.55. The lowest BCUT2D eigenvalue weighted by atomic mass is 10.3. The molecule has 1 aromatic rings. The number of benzene rings is 1. The summed E-state index contributed by atoms with van der Waals surface area (Å²) < 4.78 is 0. The monoisotopic (exact) mass is 221 g/mol. The van der Waals surface area contributed by atoms with Gasteiger partial charge in [0.2, 0.25) is 5.91 Å². The van der Waals surface area contributed by atoms with E-state index in [1.807, 2.05) is 35.2 Å². The fourth-order valence-corrected chi connectivity index (χ4v) is 1.40. The van der Waals surface area contributed by atoms with Crippen molar-refractivity contribution in [3.63, 3.8) is 0 Å². The number of nitrogens with two attached hydrogens (primary N) is 1. The lowest BCUT2D eigenvalue weighted by Gasteiger charge is -2.25. The molecule has 2 N–H and O–H groups in total. The number of carbonyl (C=O) groups excluding carboxylic acids is 1. The zero-order valence-corrected chi connectivity index (χ0v) is 9.89. The number of amides is 1. The first kappa shape index (κ1) is 12.5. The Hall–Kier alpha value is -1.55. The fourth-order valence-electron chi connectivity index (χ4n) is 1.40. The van der Waals surface area contributed by atoms with Gasteiger partial charge in [0.25, 0.3) is 0 Å². The van der Waals surface area contributed by atoms with Crippen LogP contribution in [-0.4, -0.2) is 44.5 Å². The zero-order valence-electron chi connectivity index (χ0n) is 9.89. The second-order valence-electron chi connectivity index (χ2n) is 3.83. The number of hydrogen-bond acceptors (Lipinski definition) is 3. The molecule has 4 nitrogen and oxygen atoms in total. The predicted octanol–water partition coefficient (Wildman–Crippen LogP) is 0.540. The highest BCUT2D eigenvalue weighted by molar-refractivity contribution is 5.81. The van der Waals surface area contributed by atoms with E-state index in [-0.39, 0.29) is 5.91 Å². The summed E-state index contributed by atoms with van der Waals surface area (Å²) in [6.45, 7) is 1.59. The van der Waals surface area contributed by atoms with Crippen LogP contribution >= 0.6 is 0 Å². The summed E-state index contributed by atoms with van der Waals surface area (Å²) in [5, 5.41) is 0. The molecule has 0 fully saturated rings. The van der Waals surface area contributed by atoms with Crippen LogP contribution in [-0.2, 0) is 4.79 Å². The maximum Gasteiger partial charge on any atom is 0.241 e. The molecular formula is C12H19N3O. The molecule has 0 spiro atoms. The number of nitrogens with zero attached hydrogens (tertiary/aromatic N) is 2. The van der Waals surface area contributed by atoms with Crippen LogP contribution in [0.25, 0.3) is 0 Å². The second kappa shape index (κ2) is 6.12. The third-order valence-electron chi connectivity index (χ3n) is 2.35. The molecule has 4 heteroatoms. The lowest BCUT2D eigenvalue weighted by molar-refractivity contribution is -0.127. The first-order chi connectivity index (χ1) is 7.65. The highest BCUT2D eigenvalue weighted by Crippen LogP contribution is 2.12. The van der Waals surface area contributed by atoms with Gasteiger partial charge in [-0.15, -0.1) is 0 Å². The third-order valence-corrected chi connectivity index (χ3v) is 2.35. The Labute approximate surface area is 96.6 Å². The van der Waals surface area contributed by atoms with Crippen LogP contribution in [0.1, 0.15) is 0 Å². The number of hydrogen-bond donors (Lipinski definition) is 1. The minimum Gasteiger partial charge on any atom is -0.361 e. The first-order valence-corrected chi connectivity index (χ1v) is 5.35. The average Bonchev–Trinajstić information content (AvgIpc) is 2.29. The van der Waals surface area contributed by atoms with Crippen LogP contribution in [0.3, 0.4) is 0 Å². The molecule has 16 heavy (non-hydrogen) atoms. The van der Waals surface area contributed by atoms with Gasteiger partial charge in [0, 0.05) is 32.9 Å². The second-order valence-corrected chi connectivity index (χ2v) is 3.83. The molecule has 0 saturated heterocycles. The van der Waals surface area contributed by atoms with Gasteiger partial charge in [-0.2, -0.15) is 0 Å². The summed E-state index contributed by atoms with van der Waals surface area (Å²) in [5.74, 6) is 0.0808. The highest BCUT2D eigenvalue weighted by Gasteiger charge is 2.11. The molecule has 0 saturated carbocycles. The fraction of sp³-hybridized carbons (Fsp3) is 0.417. The van der Waals surface area contributed by atoms with Crippen LogP contribution in [0.15, 0.2) is 30.3 Å². The van der Waals surface area contributed by atoms with Crippen LogP contribution in [0.4, 0.5) is 5.69 Å². The molecule has 1 amide bonds. The van der Waals surface area contributed by atoms with Crippen LogP contribution < -0.4 is 10.6 Å². The molecule has 0 aliphatic heterocycles. The van der Waals surface area contributed by atoms with Crippen molar-refractivity contribution in [3.05, 3.63) is 30.3 Å². The summed E-state index contributed by atoms with van der Waals surface area (Å²) >= 11 is 0. The van der Waals surface area contributed by atoms with E-state index in [0.29, 0.717) is 19.6 Å². The summed E-state index contributed by atoms with van der Waals surface area (Å²) in [6.07, 6.45) is 0. The first-order valence-electron chi connectivity index (χ1n) is 5.35. The minimum absolute atomic E-state index is 0.0808. The molecule has 0 unspecified atom stereocenters. The van der Waals surface area contributed by atoms with Gasteiger partial charge in [-0.1, -0.05) is 18.2 Å². The van der Waals surface area contributed by atoms with E-state index in [9.17, 15) is 4.79 Å². The molecule has 1 aromatic carbocycles. The van der Waals surface area contributed by atoms with Crippen molar-refractivity contribution in [2.45, 2.75) is 0 Å². The topological polar surface area (TPSA) is 49.6 Å². The summed E-state index contributed by atoms with van der Waals surface area (Å²) in [7, 11) is 3.52. The van der Waals surface area contributed by atoms with Crippen molar-refractivity contribution in [2.75, 3.05) is 38.6 Å². The van der Waals surface area contributed by atoms with E-state index in [0.717, 1.165) is 5.69 Å². The number of anilines is 1. The van der Waals surface area contributed by atoms with Crippen molar-refractivity contribution in [1.82, 2.24) is 4.90 Å². The molecular weight excluding hydrogens is 202 g/mol. The van der Waals surface area contributed by atoms with Crippen molar-refractivity contribution in [3.8, 4) is 0 Å². The molecule has 88 valence electrons. The molecule has 0 atom stereocenters. The van der Waals surface area contributed by atoms with E-state index >= 15 is 0 Å². The van der Waals surface area contributed by atoms with Gasteiger partial charge < -0.3 is 15.5 Å². The Morgan fingerprint density at radius 1 is 1.25 bits per heavy atom. The van der Waals surface area contributed by atoms with E-state index in [1.54, 1.807) is 19.0 Å². The van der Waals surface area contributed by atoms with Crippen molar-refractivity contribution in [1.29, 1.82) is 0 Å². The summed E-state index contributed by atoms with van der Waals surface area (Å²) in [4.78, 5) is 15.2. The smallest absolute Gasteiger partial charge is 0.241 e. The Balaban J connectivity index is 2.72. The Morgan fingerprint density at radius 2 is 1.88 bits per heavy atom. The molecule has 1 rings (SSSR count). The largest absolute Gasteiger partial charge is 0.361 e. The van der Waals surface area contributed by atoms with Gasteiger partial charge in [-0.25, -0.2) is 0 Å². The maximum absolute atomic E-state index is 11.6. The SMILES string of the molecule is CN(C)C(=O)CN(CCN)c1ccccc1. The van der Waals surface area contributed by atoms with E-state index in [2.05, 4.69) is 0 Å². The average molecular weight is 221 g/mol. The van der Waals surface area contributed by atoms with Crippen LogP contribution in [0.2, 0.25) is 0 Å². The van der Waals surface area contributed by atoms with E-state index < -0.39 is 0 Å². The standard InChI is InChI=1S/C12H19N3O/c1-14(2)12(16)10-15(9-8-13)11-6-4-3-5-7-11/h3-7H,8-10,13H2,1-2H3. The normalized spacial score (nSPS) is 9.94. The van der Waals surface area contributed by atoms with Gasteiger partial charge >= 0.3 is 0 Å². The Bertz CT molecular complexity index is 324. The van der Waals surface area contributed by atoms with Crippen LogP contribution in [0.5, 0.6) is 0 Å². The summed E-state index contributed by atoms with van der Waals surface area (Å²) in [5.41, 5.74) is 6.58. The molecule has 0 aliphatic rings. The molecule has 0 aromatic heterocycles. The Kier molecular flexibility index (Phi) is 4.79. The highest BCUT2D eigenvalue weighted by atomic mass is 16.2. The number of likely N-dealkylation sites (N-methyl/N-ethyl adjacent to an activating group) is 1. The lowest BCUT2D eigenvalue weighted by Crippen LogP contribution is -2.39. The molecule has 0 bridgehead atoms. The van der Waals surface area contributed by atoms with Crippen molar-refractivity contribution < 1.29 is 4.79 Å². The minimum atomic E-state index is 0.0808. The quantitative estimate of drug-likeness (QED) is 0.789. The van der Waals surface area contributed by atoms with Crippen molar-refractivity contribution in [2.24, 2.45) is 5.73 Å². The van der Waals surface area contributed by atoms with Gasteiger partial charge in [-0.3, -0.25) is 4.79 Å². The number of para-hydroxylation sites is 1. The number of rotatable bonds is 5. The van der Waals surface area contributed by atoms with Crippen molar-refractivity contribution >= 4 is 11.6 Å². The van der Waals surface area contributed by atoms with Gasteiger partial charge in [0.15, 0.2) is 0 Å². The molecule has 0 heterocycles. The van der Waals surface area contributed by atoms with Gasteiger partial charge in [0.05, 0.1) is 6.54 Å². The number of carbonyl (C=O) groups is 1. The van der Waals surface area contributed by atoms with E-state index in [1.165, 1.54) is 0 Å². The summed E-state index contributed by atoms with van der Waals surface area (Å²) in [6, 6.07) is 9.84. The predicted molar refractivity (Wildman–Crippen MR) is 66.4 cm³/mol. The Morgan fingerprint density at radius 3 is 2.38 bits per heavy atom. The van der Waals surface area contributed by atoms with Gasteiger partial charge in [-0.05, 0) is 12.1 Å².